The number of unbranched alkanes of at least 4 members (excludes halogenated alkanes) is 3. The van der Waals surface area contributed by atoms with Crippen molar-refractivity contribution in [1.29, 1.82) is 0 Å². The highest BCUT2D eigenvalue weighted by atomic mass is 32.1. The molecule has 1 unspecified atom stereocenters. The fourth-order valence-corrected chi connectivity index (χ4v) is 5.70. The minimum atomic E-state index is -1.17. The van der Waals surface area contributed by atoms with E-state index in [4.69, 9.17) is 14.2 Å². The van der Waals surface area contributed by atoms with Gasteiger partial charge in [0, 0.05) is 5.56 Å². The summed E-state index contributed by atoms with van der Waals surface area (Å²) in [6, 6.07) is 7.84. The summed E-state index contributed by atoms with van der Waals surface area (Å²) in [5.41, 5.74) is 0.849. The number of methoxy groups -OCH3 is 2. The van der Waals surface area contributed by atoms with E-state index in [0.717, 1.165) is 48.0 Å². The van der Waals surface area contributed by atoms with Crippen molar-refractivity contribution in [2.24, 2.45) is 0 Å². The molecule has 3 aromatic rings. The Balaban J connectivity index is 1.85. The second-order valence-electron chi connectivity index (χ2n) is 9.86. The summed E-state index contributed by atoms with van der Waals surface area (Å²) in [4.78, 5) is 45.0. The van der Waals surface area contributed by atoms with Gasteiger partial charge in [-0.15, -0.1) is 0 Å². The van der Waals surface area contributed by atoms with Crippen molar-refractivity contribution < 1.29 is 38.1 Å². The van der Waals surface area contributed by atoms with Gasteiger partial charge in [-0.3, -0.25) is 14.5 Å². The molecule has 0 saturated carbocycles. The number of thiazole rings is 1. The number of aliphatic hydroxyl groups excluding tert-OH is 1. The molecule has 11 heteroatoms. The Hall–Kier alpha value is -4.25. The van der Waals surface area contributed by atoms with Crippen molar-refractivity contribution in [3.63, 3.8) is 0 Å². The highest BCUT2D eigenvalue weighted by Crippen LogP contribution is 2.45. The fourth-order valence-electron chi connectivity index (χ4n) is 4.69. The quantitative estimate of drug-likeness (QED) is 0.0904. The Morgan fingerprint density at radius 3 is 2.50 bits per heavy atom. The predicted octanol–water partition coefficient (Wildman–Crippen LogP) is 6.28. The molecule has 4 rings (SSSR count). The van der Waals surface area contributed by atoms with Gasteiger partial charge < -0.3 is 19.3 Å². The number of carbonyl (C=O) groups excluding carboxylic acids is 3. The van der Waals surface area contributed by atoms with Gasteiger partial charge in [0.15, 0.2) is 16.6 Å². The standard InChI is InChI=1S/C31H33FN2O7S/c1-6-7-8-9-14-41-22-13-12-19(16-23(22)39-4)25-24(26(35)20-11-10-17(2)21(32)15-20)27(36)29(37)34(25)31-33-18(3)28(42-31)30(38)40-5/h10-13,15-16,25,35H,6-9,14H2,1-5H3. The summed E-state index contributed by atoms with van der Waals surface area (Å²) in [7, 11) is 2.70. The number of halogens is 1. The van der Waals surface area contributed by atoms with Crippen LogP contribution in [-0.2, 0) is 14.3 Å². The number of nitrogens with zero attached hydrogens (tertiary/aromatic N) is 2. The van der Waals surface area contributed by atoms with Crippen molar-refractivity contribution in [3.8, 4) is 11.5 Å². The first-order chi connectivity index (χ1) is 20.1. The highest BCUT2D eigenvalue weighted by Gasteiger charge is 2.48. The number of Topliss-reactive ketones (excluding diaryl/α,β-unsaturated/α-hetero) is 1. The van der Waals surface area contributed by atoms with Gasteiger partial charge in [0.2, 0.25) is 0 Å². The van der Waals surface area contributed by atoms with Crippen LogP contribution in [0.4, 0.5) is 9.52 Å². The molecule has 1 fully saturated rings. The highest BCUT2D eigenvalue weighted by molar-refractivity contribution is 7.17. The van der Waals surface area contributed by atoms with Crippen LogP contribution in [0.5, 0.6) is 11.5 Å². The zero-order valence-corrected chi connectivity index (χ0v) is 25.0. The Morgan fingerprint density at radius 1 is 1.07 bits per heavy atom. The number of aromatic nitrogens is 1. The molecule has 1 aliphatic rings. The summed E-state index contributed by atoms with van der Waals surface area (Å²) in [6.07, 6.45) is 4.12. The Labute approximate surface area is 247 Å². The molecule has 1 atom stereocenters. The van der Waals surface area contributed by atoms with Crippen LogP contribution in [0.25, 0.3) is 5.76 Å². The molecule has 9 nitrogen and oxygen atoms in total. The predicted molar refractivity (Wildman–Crippen MR) is 157 cm³/mol. The van der Waals surface area contributed by atoms with E-state index in [1.165, 1.54) is 26.4 Å². The van der Waals surface area contributed by atoms with Crippen LogP contribution < -0.4 is 14.4 Å². The smallest absolute Gasteiger partial charge is 0.350 e. The Bertz CT molecular complexity index is 1550. The number of carbonyl (C=O) groups is 3. The first-order valence-corrected chi connectivity index (χ1v) is 14.4. The van der Waals surface area contributed by atoms with Crippen LogP contribution in [0.3, 0.4) is 0 Å². The van der Waals surface area contributed by atoms with Gasteiger partial charge in [0.1, 0.15) is 16.5 Å². The number of hydrogen-bond donors (Lipinski definition) is 1. The average molecular weight is 597 g/mol. The maximum atomic E-state index is 14.5. The molecule has 1 saturated heterocycles. The topological polar surface area (TPSA) is 115 Å². The number of rotatable bonds is 11. The number of benzene rings is 2. The number of hydrogen-bond acceptors (Lipinski definition) is 9. The molecule has 1 aromatic heterocycles. The normalized spacial score (nSPS) is 16.1. The second-order valence-corrected chi connectivity index (χ2v) is 10.8. The molecule has 1 amide bonds. The third kappa shape index (κ3) is 6.01. The number of aryl methyl sites for hydroxylation is 2. The molecule has 2 aromatic carbocycles. The summed E-state index contributed by atoms with van der Waals surface area (Å²) < 4.78 is 30.8. The first-order valence-electron chi connectivity index (χ1n) is 13.6. The SMILES string of the molecule is CCCCCCOc1ccc(C2C(=C(O)c3ccc(C)c(F)c3)C(=O)C(=O)N2c2nc(C)c(C(=O)OC)s2)cc1OC. The molecular weight excluding hydrogens is 563 g/mol. The zero-order valence-electron chi connectivity index (χ0n) is 24.2. The van der Waals surface area contributed by atoms with Crippen molar-refractivity contribution >= 4 is 39.9 Å². The van der Waals surface area contributed by atoms with Crippen molar-refractivity contribution in [2.75, 3.05) is 25.7 Å². The number of ether oxygens (including phenoxy) is 3. The maximum absolute atomic E-state index is 14.5. The largest absolute Gasteiger partial charge is 0.507 e. The molecular formula is C31H33FN2O7S. The van der Waals surface area contributed by atoms with Crippen LogP contribution in [0.15, 0.2) is 42.0 Å². The summed E-state index contributed by atoms with van der Waals surface area (Å²) in [5, 5.41) is 11.4. The second kappa shape index (κ2) is 13.2. The molecule has 222 valence electrons. The van der Waals surface area contributed by atoms with Gasteiger partial charge in [-0.2, -0.15) is 0 Å². The van der Waals surface area contributed by atoms with Gasteiger partial charge in [0.25, 0.3) is 5.78 Å². The summed E-state index contributed by atoms with van der Waals surface area (Å²) in [5.74, 6) is -2.87. The minimum absolute atomic E-state index is 0.0330. The van der Waals surface area contributed by atoms with Crippen LogP contribution in [-0.4, -0.2) is 48.6 Å². The number of amides is 1. The maximum Gasteiger partial charge on any atom is 0.350 e. The van der Waals surface area contributed by atoms with E-state index in [9.17, 15) is 23.9 Å². The molecule has 1 N–H and O–H groups in total. The van der Waals surface area contributed by atoms with E-state index in [2.05, 4.69) is 11.9 Å². The lowest BCUT2D eigenvalue weighted by Crippen LogP contribution is -2.29. The van der Waals surface area contributed by atoms with E-state index >= 15 is 0 Å². The molecule has 0 radical (unpaired) electrons. The average Bonchev–Trinajstić information content (AvgIpc) is 3.49. The van der Waals surface area contributed by atoms with Crippen LogP contribution >= 0.6 is 11.3 Å². The van der Waals surface area contributed by atoms with Crippen LogP contribution in [0.1, 0.15) is 70.7 Å². The first kappa shape index (κ1) is 30.7. The zero-order chi connectivity index (χ0) is 30.6. The third-order valence-corrected chi connectivity index (χ3v) is 8.15. The van der Waals surface area contributed by atoms with Crippen LogP contribution in [0, 0.1) is 19.7 Å². The van der Waals surface area contributed by atoms with E-state index in [0.29, 0.717) is 34.9 Å². The molecule has 1 aliphatic heterocycles. The molecule has 2 heterocycles. The molecule has 0 aliphatic carbocycles. The number of anilines is 1. The van der Waals surface area contributed by atoms with E-state index in [-0.39, 0.29) is 21.1 Å². The van der Waals surface area contributed by atoms with Gasteiger partial charge >= 0.3 is 11.9 Å². The Morgan fingerprint density at radius 2 is 1.83 bits per heavy atom. The third-order valence-electron chi connectivity index (χ3n) is 7.01. The Kier molecular flexibility index (Phi) is 9.62. The van der Waals surface area contributed by atoms with Crippen molar-refractivity contribution in [2.45, 2.75) is 52.5 Å². The number of esters is 1. The lowest BCUT2D eigenvalue weighted by molar-refractivity contribution is -0.132. The minimum Gasteiger partial charge on any atom is -0.507 e. The van der Waals surface area contributed by atoms with Gasteiger partial charge in [0.05, 0.1) is 38.1 Å². The van der Waals surface area contributed by atoms with Gasteiger partial charge in [-0.1, -0.05) is 55.7 Å². The number of ketones is 1. The van der Waals surface area contributed by atoms with E-state index < -0.39 is 35.3 Å². The van der Waals surface area contributed by atoms with Gasteiger partial charge in [-0.05, 0) is 49.6 Å². The lowest BCUT2D eigenvalue weighted by atomic mass is 9.94. The lowest BCUT2D eigenvalue weighted by Gasteiger charge is -2.24. The molecule has 0 spiro atoms. The molecule has 42 heavy (non-hydrogen) atoms. The molecule has 0 bridgehead atoms. The summed E-state index contributed by atoms with van der Waals surface area (Å²) in [6.45, 7) is 5.77. The fraction of sp³-hybridized carbons (Fsp3) is 0.355. The monoisotopic (exact) mass is 596 g/mol. The van der Waals surface area contributed by atoms with E-state index in [1.54, 1.807) is 32.0 Å². The number of aliphatic hydroxyl groups is 1. The summed E-state index contributed by atoms with van der Waals surface area (Å²) >= 11 is 0.885. The van der Waals surface area contributed by atoms with Crippen molar-refractivity contribution in [3.05, 3.63) is 75.0 Å². The van der Waals surface area contributed by atoms with Crippen LogP contribution in [0.2, 0.25) is 0 Å². The van der Waals surface area contributed by atoms with Crippen molar-refractivity contribution in [1.82, 2.24) is 4.98 Å². The van der Waals surface area contributed by atoms with E-state index in [1.807, 2.05) is 0 Å². The van der Waals surface area contributed by atoms with Gasteiger partial charge in [-0.25, -0.2) is 14.2 Å².